The molecule has 0 radical (unpaired) electrons. The van der Waals surface area contributed by atoms with Crippen molar-refractivity contribution in [3.63, 3.8) is 0 Å². The van der Waals surface area contributed by atoms with Gasteiger partial charge in [-0.25, -0.2) is 4.39 Å². The van der Waals surface area contributed by atoms with Gasteiger partial charge in [-0.2, -0.15) is 0 Å². The maximum absolute atomic E-state index is 14.3. The fourth-order valence-electron chi connectivity index (χ4n) is 4.10. The predicted molar refractivity (Wildman–Crippen MR) is 97.4 cm³/mol. The monoisotopic (exact) mass is 341 g/mol. The van der Waals surface area contributed by atoms with Crippen LogP contribution in [-0.2, 0) is 6.54 Å². The van der Waals surface area contributed by atoms with Crippen molar-refractivity contribution in [2.75, 3.05) is 0 Å². The summed E-state index contributed by atoms with van der Waals surface area (Å²) in [5, 5.41) is 0.601. The first-order chi connectivity index (χ1) is 11.7. The van der Waals surface area contributed by atoms with E-state index in [-0.39, 0.29) is 5.82 Å². The number of fused-ring (bicyclic) bond motifs is 2. The summed E-state index contributed by atoms with van der Waals surface area (Å²) in [4.78, 5) is 2.59. The zero-order chi connectivity index (χ0) is 16.5. The maximum atomic E-state index is 14.3. The quantitative estimate of drug-likeness (QED) is 0.693. The summed E-state index contributed by atoms with van der Waals surface area (Å²) < 4.78 is 14.3. The minimum atomic E-state index is -0.166. The van der Waals surface area contributed by atoms with Crippen LogP contribution in [-0.4, -0.2) is 17.0 Å². The van der Waals surface area contributed by atoms with Gasteiger partial charge in [0.1, 0.15) is 5.82 Å². The Morgan fingerprint density at radius 1 is 1.08 bits per heavy atom. The largest absolute Gasteiger partial charge is 0.289 e. The van der Waals surface area contributed by atoms with Gasteiger partial charge in [0.25, 0.3) is 0 Å². The molecular weight excluding hydrogens is 321 g/mol. The number of piperidine rings is 1. The molecule has 0 spiro atoms. The predicted octanol–water partition coefficient (Wildman–Crippen LogP) is 5.69. The van der Waals surface area contributed by atoms with E-state index in [1.165, 1.54) is 24.5 Å². The molecule has 0 aliphatic carbocycles. The molecule has 0 saturated carbocycles. The number of nitrogens with zero attached hydrogens (tertiary/aromatic N) is 1. The standard InChI is InChI=1S/C21H21ClFN/c22-17-9-10-21(23)20(13-17)16-11-18-7-4-8-19(12-16)24(18)14-15-5-2-1-3-6-15/h1-3,5-6,9-11,13,18-19H,4,7-8,12,14H2. The zero-order valence-corrected chi connectivity index (χ0v) is 14.3. The number of hydrogen-bond acceptors (Lipinski definition) is 1. The van der Waals surface area contributed by atoms with Crippen LogP contribution in [0.15, 0.2) is 54.6 Å². The molecule has 2 aliphatic heterocycles. The molecule has 2 aliphatic rings. The first kappa shape index (κ1) is 15.9. The average molecular weight is 342 g/mol. The van der Waals surface area contributed by atoms with E-state index in [4.69, 9.17) is 11.6 Å². The van der Waals surface area contributed by atoms with Crippen molar-refractivity contribution >= 4 is 17.2 Å². The lowest BCUT2D eigenvalue weighted by Gasteiger charge is -2.45. The van der Waals surface area contributed by atoms with Crippen LogP contribution in [0.5, 0.6) is 0 Å². The molecule has 124 valence electrons. The van der Waals surface area contributed by atoms with Crippen molar-refractivity contribution in [1.82, 2.24) is 4.90 Å². The van der Waals surface area contributed by atoms with Crippen LogP contribution in [0.1, 0.15) is 36.8 Å². The van der Waals surface area contributed by atoms with E-state index in [1.54, 1.807) is 12.1 Å². The Labute approximate surface area is 147 Å². The molecule has 0 N–H and O–H groups in total. The molecular formula is C21H21ClFN. The second kappa shape index (κ2) is 6.70. The molecule has 2 aromatic carbocycles. The molecule has 2 bridgehead atoms. The van der Waals surface area contributed by atoms with Gasteiger partial charge in [-0.15, -0.1) is 0 Å². The number of halogens is 2. The second-order valence-electron chi connectivity index (χ2n) is 6.83. The fourth-order valence-corrected chi connectivity index (χ4v) is 4.27. The van der Waals surface area contributed by atoms with Gasteiger partial charge in [0.05, 0.1) is 0 Å². The highest BCUT2D eigenvalue weighted by molar-refractivity contribution is 6.30. The van der Waals surface area contributed by atoms with Gasteiger partial charge >= 0.3 is 0 Å². The Balaban J connectivity index is 1.63. The molecule has 0 aromatic heterocycles. The van der Waals surface area contributed by atoms with E-state index in [9.17, 15) is 4.39 Å². The first-order valence-electron chi connectivity index (χ1n) is 8.66. The lowest BCUT2D eigenvalue weighted by molar-refractivity contribution is 0.0950. The Morgan fingerprint density at radius 3 is 2.71 bits per heavy atom. The van der Waals surface area contributed by atoms with Crippen LogP contribution in [0.3, 0.4) is 0 Å². The zero-order valence-electron chi connectivity index (χ0n) is 13.6. The summed E-state index contributed by atoms with van der Waals surface area (Å²) in [7, 11) is 0. The van der Waals surface area contributed by atoms with E-state index in [1.807, 2.05) is 0 Å². The SMILES string of the molecule is Fc1ccc(Cl)cc1C1=CC2CCCC(C1)N2Cc1ccccc1. The highest BCUT2D eigenvalue weighted by atomic mass is 35.5. The molecule has 0 amide bonds. The van der Waals surface area contributed by atoms with E-state index in [2.05, 4.69) is 41.3 Å². The summed E-state index contributed by atoms with van der Waals surface area (Å²) in [6.45, 7) is 0.970. The molecule has 24 heavy (non-hydrogen) atoms. The fraction of sp³-hybridized carbons (Fsp3) is 0.333. The van der Waals surface area contributed by atoms with Crippen LogP contribution in [0.25, 0.3) is 5.57 Å². The highest BCUT2D eigenvalue weighted by Gasteiger charge is 2.34. The summed E-state index contributed by atoms with van der Waals surface area (Å²) in [6, 6.07) is 16.4. The lowest BCUT2D eigenvalue weighted by atomic mass is 9.82. The van der Waals surface area contributed by atoms with Crippen molar-refractivity contribution in [3.05, 3.63) is 76.6 Å². The minimum absolute atomic E-state index is 0.166. The van der Waals surface area contributed by atoms with E-state index < -0.39 is 0 Å². The van der Waals surface area contributed by atoms with Crippen LogP contribution in [0.4, 0.5) is 4.39 Å². The topological polar surface area (TPSA) is 3.24 Å². The van der Waals surface area contributed by atoms with Crippen molar-refractivity contribution in [1.29, 1.82) is 0 Å². The molecule has 2 unspecified atom stereocenters. The molecule has 3 heteroatoms. The summed E-state index contributed by atoms with van der Waals surface area (Å²) in [5.41, 5.74) is 3.15. The van der Waals surface area contributed by atoms with Crippen LogP contribution in [0.2, 0.25) is 5.02 Å². The Morgan fingerprint density at radius 2 is 1.92 bits per heavy atom. The van der Waals surface area contributed by atoms with Gasteiger partial charge < -0.3 is 0 Å². The smallest absolute Gasteiger partial charge is 0.130 e. The van der Waals surface area contributed by atoms with Crippen molar-refractivity contribution in [3.8, 4) is 0 Å². The van der Waals surface area contributed by atoms with E-state index >= 15 is 0 Å². The number of hydrogen-bond donors (Lipinski definition) is 0. The molecule has 1 saturated heterocycles. The lowest BCUT2D eigenvalue weighted by Crippen LogP contribution is -2.47. The maximum Gasteiger partial charge on any atom is 0.130 e. The number of benzene rings is 2. The van der Waals surface area contributed by atoms with Crippen molar-refractivity contribution in [2.24, 2.45) is 0 Å². The van der Waals surface area contributed by atoms with Gasteiger partial charge in [-0.05, 0) is 48.6 Å². The second-order valence-corrected chi connectivity index (χ2v) is 7.27. The first-order valence-corrected chi connectivity index (χ1v) is 9.04. The third-order valence-corrected chi connectivity index (χ3v) is 5.50. The summed E-state index contributed by atoms with van der Waals surface area (Å²) in [6.07, 6.45) is 6.76. The molecule has 4 rings (SSSR count). The Hall–Kier alpha value is -1.64. The minimum Gasteiger partial charge on any atom is -0.289 e. The molecule has 2 aromatic rings. The normalized spacial score (nSPS) is 23.8. The Bertz CT molecular complexity index is 756. The highest BCUT2D eigenvalue weighted by Crippen LogP contribution is 2.39. The Kier molecular flexibility index (Phi) is 4.43. The van der Waals surface area contributed by atoms with E-state index in [0.717, 1.165) is 25.0 Å². The average Bonchev–Trinajstić information content (AvgIpc) is 2.58. The van der Waals surface area contributed by atoms with Crippen LogP contribution < -0.4 is 0 Å². The van der Waals surface area contributed by atoms with E-state index in [0.29, 0.717) is 22.7 Å². The van der Waals surface area contributed by atoms with Crippen LogP contribution >= 0.6 is 11.6 Å². The van der Waals surface area contributed by atoms with Gasteiger partial charge in [-0.1, -0.05) is 54.4 Å². The summed E-state index contributed by atoms with van der Waals surface area (Å²) >= 11 is 6.09. The van der Waals surface area contributed by atoms with Crippen LogP contribution in [0, 0.1) is 5.82 Å². The molecule has 2 heterocycles. The molecule has 1 fully saturated rings. The van der Waals surface area contributed by atoms with Gasteiger partial charge in [-0.3, -0.25) is 4.90 Å². The van der Waals surface area contributed by atoms with Gasteiger partial charge in [0.2, 0.25) is 0 Å². The van der Waals surface area contributed by atoms with Gasteiger partial charge in [0.15, 0.2) is 0 Å². The third kappa shape index (κ3) is 3.13. The van der Waals surface area contributed by atoms with Crippen molar-refractivity contribution < 1.29 is 4.39 Å². The van der Waals surface area contributed by atoms with Crippen molar-refractivity contribution in [2.45, 2.75) is 44.3 Å². The third-order valence-electron chi connectivity index (χ3n) is 5.26. The molecule has 1 nitrogen and oxygen atoms in total. The number of rotatable bonds is 3. The molecule has 2 atom stereocenters. The summed E-state index contributed by atoms with van der Waals surface area (Å²) in [5.74, 6) is -0.166. The van der Waals surface area contributed by atoms with Gasteiger partial charge in [0, 0.05) is 29.2 Å².